The number of carbonyl (C=O) groups excluding carboxylic acids is 8. The van der Waals surface area contributed by atoms with Gasteiger partial charge in [-0.1, -0.05) is 110 Å². The number of esters is 1. The Labute approximate surface area is 397 Å². The van der Waals surface area contributed by atoms with Crippen LogP contribution in [0.5, 0.6) is 5.75 Å². The Bertz CT molecular complexity index is 2280. The van der Waals surface area contributed by atoms with Gasteiger partial charge in [-0.2, -0.15) is 11.8 Å². The lowest BCUT2D eigenvalue weighted by Gasteiger charge is -2.30. The van der Waals surface area contributed by atoms with Crippen molar-refractivity contribution in [2.45, 2.75) is 86.0 Å². The number of phenols is 1. The summed E-state index contributed by atoms with van der Waals surface area (Å²) in [6, 6.07) is 26.7. The molecule has 0 radical (unpaired) electrons. The van der Waals surface area contributed by atoms with Crippen LogP contribution < -0.4 is 38.1 Å². The highest BCUT2D eigenvalue weighted by Gasteiger charge is 2.36. The number of ether oxygens (including phenoxy) is 1. The minimum Gasteiger partial charge on any atom is -0.508 e. The summed E-state index contributed by atoms with van der Waals surface area (Å²) in [5.74, 6) is -5.62. The first kappa shape index (κ1) is 52.8. The smallest absolute Gasteiger partial charge is 0.329 e. The number of nitrogens with two attached hydrogens (primary N) is 2. The predicted octanol–water partition coefficient (Wildman–Crippen LogP) is 2.69. The molecule has 17 nitrogen and oxygen atoms in total. The standard InChI is InChI=1S/C48H57N7O10S2/c1-3-41(59)55-42(43(33-19-21-34(56)22-20-33)67-28-32-17-11-6-12-18-32)47(63)53-36(25-30-13-7-4-8-14-30)45(61)51-35(23-24-39(49)57)44(60)52-37(26-40(50)58)46(62)54-38(48(64)65-2)29-66-27-31-15-9-5-10-16-31/h4-22,35-38,42-43,56H,3,23-29H2,1-2H3,(H2,49,57)(H2,50,58)(H,51,61)(H,52,60)(H,53,63)(H,54,62)(H,55,59)/t35-,36-,37-,38-,42-,43?/m0/s1. The van der Waals surface area contributed by atoms with E-state index in [0.29, 0.717) is 22.6 Å². The molecule has 4 rings (SSSR count). The molecule has 0 saturated heterocycles. The molecule has 7 amide bonds. The zero-order chi connectivity index (χ0) is 48.7. The van der Waals surface area contributed by atoms with Crippen molar-refractivity contribution in [3.05, 3.63) is 138 Å². The Morgan fingerprint density at radius 2 is 1.10 bits per heavy atom. The Hall–Kier alpha value is -6.86. The third-order valence-electron chi connectivity index (χ3n) is 10.2. The monoisotopic (exact) mass is 955 g/mol. The minimum absolute atomic E-state index is 0.00993. The van der Waals surface area contributed by atoms with Crippen molar-refractivity contribution in [2.24, 2.45) is 11.5 Å². The molecule has 0 aromatic heterocycles. The van der Waals surface area contributed by atoms with E-state index in [2.05, 4.69) is 26.6 Å². The number of rotatable bonds is 27. The third kappa shape index (κ3) is 18.2. The maximum Gasteiger partial charge on any atom is 0.329 e. The van der Waals surface area contributed by atoms with Crippen molar-refractivity contribution >= 4 is 70.8 Å². The first-order valence-corrected chi connectivity index (χ1v) is 23.6. The van der Waals surface area contributed by atoms with Gasteiger partial charge in [0.25, 0.3) is 0 Å². The lowest BCUT2D eigenvalue weighted by atomic mass is 10.0. The van der Waals surface area contributed by atoms with Crippen molar-refractivity contribution in [1.29, 1.82) is 0 Å². The number of primary amides is 2. The van der Waals surface area contributed by atoms with Crippen LogP contribution in [0.4, 0.5) is 0 Å². The normalized spacial score (nSPS) is 13.5. The lowest BCUT2D eigenvalue weighted by molar-refractivity contribution is -0.144. The largest absolute Gasteiger partial charge is 0.508 e. The molecular weight excluding hydrogens is 899 g/mol. The van der Waals surface area contributed by atoms with Gasteiger partial charge in [-0.25, -0.2) is 4.79 Å². The fourth-order valence-electron chi connectivity index (χ4n) is 6.65. The van der Waals surface area contributed by atoms with E-state index >= 15 is 0 Å². The van der Waals surface area contributed by atoms with Gasteiger partial charge in [-0.05, 0) is 40.8 Å². The fraction of sp³-hybridized carbons (Fsp3) is 0.333. The van der Waals surface area contributed by atoms with E-state index in [1.807, 2.05) is 60.7 Å². The third-order valence-corrected chi connectivity index (χ3v) is 12.7. The second-order valence-electron chi connectivity index (χ2n) is 15.3. The maximum absolute atomic E-state index is 14.6. The average molecular weight is 956 g/mol. The van der Waals surface area contributed by atoms with Crippen LogP contribution in [-0.4, -0.2) is 95.5 Å². The molecule has 0 aliphatic carbocycles. The lowest BCUT2D eigenvalue weighted by Crippen LogP contribution is -2.60. The fourth-order valence-corrected chi connectivity index (χ4v) is 8.95. The summed E-state index contributed by atoms with van der Waals surface area (Å²) in [6.45, 7) is 1.63. The number of phenolic OH excluding ortho intramolecular Hbond substituents is 1. The molecule has 0 fully saturated rings. The number of hydrogen-bond donors (Lipinski definition) is 8. The van der Waals surface area contributed by atoms with Crippen molar-refractivity contribution < 1.29 is 48.2 Å². The summed E-state index contributed by atoms with van der Waals surface area (Å²) in [5.41, 5.74) is 14.1. The second kappa shape index (κ2) is 27.6. The number of nitrogens with one attached hydrogen (secondary N) is 5. The Morgan fingerprint density at radius 1 is 0.597 bits per heavy atom. The van der Waals surface area contributed by atoms with Gasteiger partial charge in [0.1, 0.15) is 36.0 Å². The number of methoxy groups -OCH3 is 1. The van der Waals surface area contributed by atoms with E-state index in [1.54, 1.807) is 49.4 Å². The van der Waals surface area contributed by atoms with Gasteiger partial charge in [-0.15, -0.1) is 11.8 Å². The van der Waals surface area contributed by atoms with E-state index in [1.165, 1.54) is 35.7 Å². The van der Waals surface area contributed by atoms with Gasteiger partial charge >= 0.3 is 5.97 Å². The summed E-state index contributed by atoms with van der Waals surface area (Å²) >= 11 is 2.69. The van der Waals surface area contributed by atoms with Crippen LogP contribution in [0.25, 0.3) is 0 Å². The Balaban J connectivity index is 1.62. The molecule has 4 aromatic carbocycles. The highest BCUT2D eigenvalue weighted by molar-refractivity contribution is 7.99. The highest BCUT2D eigenvalue weighted by Crippen LogP contribution is 2.36. The number of amides is 7. The van der Waals surface area contributed by atoms with Gasteiger partial charge < -0.3 is 47.9 Å². The molecule has 0 bridgehead atoms. The van der Waals surface area contributed by atoms with Crippen LogP contribution in [-0.2, 0) is 61.0 Å². The van der Waals surface area contributed by atoms with Crippen molar-refractivity contribution in [2.75, 3.05) is 12.9 Å². The number of thioether (sulfide) groups is 2. The van der Waals surface area contributed by atoms with E-state index in [0.717, 1.165) is 18.2 Å². The van der Waals surface area contributed by atoms with Crippen molar-refractivity contribution in [3.63, 3.8) is 0 Å². The summed E-state index contributed by atoms with van der Waals surface area (Å²) in [5, 5.41) is 22.5. The van der Waals surface area contributed by atoms with Crippen molar-refractivity contribution in [3.8, 4) is 5.75 Å². The molecule has 0 spiro atoms. The van der Waals surface area contributed by atoms with E-state index in [9.17, 15) is 43.5 Å². The molecule has 67 heavy (non-hydrogen) atoms. The van der Waals surface area contributed by atoms with E-state index in [4.69, 9.17) is 16.2 Å². The maximum atomic E-state index is 14.6. The zero-order valence-corrected chi connectivity index (χ0v) is 38.8. The van der Waals surface area contributed by atoms with Crippen LogP contribution in [0.2, 0.25) is 0 Å². The first-order chi connectivity index (χ1) is 32.2. The minimum atomic E-state index is -1.64. The van der Waals surface area contributed by atoms with E-state index < -0.39 is 95.6 Å². The van der Waals surface area contributed by atoms with Gasteiger partial charge in [-0.3, -0.25) is 33.6 Å². The molecule has 0 heterocycles. The molecule has 356 valence electrons. The van der Waals surface area contributed by atoms with Gasteiger partial charge in [0.05, 0.1) is 18.8 Å². The molecule has 1 unspecified atom stereocenters. The second-order valence-corrected chi connectivity index (χ2v) is 17.5. The molecule has 6 atom stereocenters. The van der Waals surface area contributed by atoms with Gasteiger partial charge in [0.15, 0.2) is 0 Å². The van der Waals surface area contributed by atoms with Crippen LogP contribution in [0, 0.1) is 0 Å². The Kier molecular flexibility index (Phi) is 21.7. The summed E-state index contributed by atoms with van der Waals surface area (Å²) in [6.07, 6.45) is -1.53. The Morgan fingerprint density at radius 3 is 1.66 bits per heavy atom. The summed E-state index contributed by atoms with van der Waals surface area (Å²) in [4.78, 5) is 107. The van der Waals surface area contributed by atoms with E-state index in [-0.39, 0.29) is 30.8 Å². The quantitative estimate of drug-likeness (QED) is 0.0401. The number of hydrogen-bond acceptors (Lipinski definition) is 12. The molecule has 0 aliphatic heterocycles. The van der Waals surface area contributed by atoms with Gasteiger partial charge in [0.2, 0.25) is 41.4 Å². The van der Waals surface area contributed by atoms with Crippen LogP contribution in [0.15, 0.2) is 115 Å². The molecule has 0 saturated carbocycles. The number of benzene rings is 4. The summed E-state index contributed by atoms with van der Waals surface area (Å²) in [7, 11) is 1.14. The SMILES string of the molecule is CCC(=O)N[C@H](C(=O)N[C@@H](Cc1ccccc1)C(=O)N[C@@H](CCC(N)=O)C(=O)N[C@@H](CC(N)=O)C(=O)N[C@@H](CSCc1ccccc1)C(=O)OC)C(SCc1ccccc1)c1ccc(O)cc1. The number of carbonyl (C=O) groups is 8. The summed E-state index contributed by atoms with van der Waals surface area (Å²) < 4.78 is 4.90. The molecular formula is C48H57N7O10S2. The van der Waals surface area contributed by atoms with Crippen molar-refractivity contribution in [1.82, 2.24) is 26.6 Å². The molecule has 19 heteroatoms. The zero-order valence-electron chi connectivity index (χ0n) is 37.2. The topological polar surface area (TPSA) is 278 Å². The van der Waals surface area contributed by atoms with Crippen LogP contribution in [0.3, 0.4) is 0 Å². The average Bonchev–Trinajstić information content (AvgIpc) is 3.32. The number of aromatic hydroxyl groups is 1. The molecule has 10 N–H and O–H groups in total. The highest BCUT2D eigenvalue weighted by atomic mass is 32.2. The first-order valence-electron chi connectivity index (χ1n) is 21.4. The van der Waals surface area contributed by atoms with Crippen LogP contribution in [0.1, 0.15) is 60.1 Å². The van der Waals surface area contributed by atoms with Gasteiger partial charge in [0, 0.05) is 36.5 Å². The molecule has 0 aliphatic rings. The van der Waals surface area contributed by atoms with Crippen LogP contribution >= 0.6 is 23.5 Å². The predicted molar refractivity (Wildman–Crippen MR) is 256 cm³/mol. The molecule has 4 aromatic rings.